The number of benzene rings is 2. The molecular weight excluding hydrogens is 545 g/mol. The fourth-order valence-electron chi connectivity index (χ4n) is 3.76. The van der Waals surface area contributed by atoms with E-state index in [4.69, 9.17) is 10.5 Å². The lowest BCUT2D eigenvalue weighted by molar-refractivity contribution is -0.141. The molecule has 0 spiro atoms. The number of esters is 1. The van der Waals surface area contributed by atoms with Crippen LogP contribution in [0, 0.1) is 17.5 Å². The van der Waals surface area contributed by atoms with Crippen LogP contribution < -0.4 is 16.4 Å². The summed E-state index contributed by atoms with van der Waals surface area (Å²) in [4.78, 5) is 38.4. The zero-order valence-corrected chi connectivity index (χ0v) is 23.8. The minimum atomic E-state index is -1.30. The number of carbonyl (C=O) groups is 3. The van der Waals surface area contributed by atoms with Gasteiger partial charge in [-0.25, -0.2) is 13.2 Å². The fourth-order valence-corrected chi connectivity index (χ4v) is 4.93. The van der Waals surface area contributed by atoms with E-state index in [-0.39, 0.29) is 49.3 Å². The molecule has 2 aromatic rings. The van der Waals surface area contributed by atoms with E-state index in [0.29, 0.717) is 25.0 Å². The molecule has 0 unspecified atom stereocenters. The van der Waals surface area contributed by atoms with Crippen molar-refractivity contribution in [2.24, 2.45) is 5.73 Å². The molecule has 0 aromatic heterocycles. The summed E-state index contributed by atoms with van der Waals surface area (Å²) < 4.78 is 45.3. The number of halogens is 3. The van der Waals surface area contributed by atoms with Gasteiger partial charge in [0.2, 0.25) is 5.91 Å². The third-order valence-electron chi connectivity index (χ3n) is 5.61. The molecule has 2 aromatic carbocycles. The Morgan fingerprint density at radius 2 is 1.73 bits per heavy atom. The summed E-state index contributed by atoms with van der Waals surface area (Å²) in [6.07, 6.45) is 0.917. The molecule has 0 bridgehead atoms. The molecule has 1 fully saturated rings. The lowest BCUT2D eigenvalue weighted by Crippen LogP contribution is -2.46. The first-order valence-corrected chi connectivity index (χ1v) is 14.2. The van der Waals surface area contributed by atoms with Gasteiger partial charge in [-0.3, -0.25) is 14.4 Å². The van der Waals surface area contributed by atoms with Crippen molar-refractivity contribution in [1.29, 1.82) is 0 Å². The number of amides is 2. The predicted molar refractivity (Wildman–Crippen MR) is 150 cm³/mol. The molecule has 40 heavy (non-hydrogen) atoms. The van der Waals surface area contributed by atoms with Gasteiger partial charge in [-0.2, -0.15) is 0 Å². The number of nitrogens with zero attached hydrogens (tertiary/aromatic N) is 1. The summed E-state index contributed by atoms with van der Waals surface area (Å²) in [5.74, 6) is -3.92. The Labute approximate surface area is 237 Å². The van der Waals surface area contributed by atoms with Crippen LogP contribution in [0.4, 0.5) is 18.9 Å². The summed E-state index contributed by atoms with van der Waals surface area (Å²) in [6, 6.07) is 7.50. The third kappa shape index (κ3) is 10.4. The van der Waals surface area contributed by atoms with Crippen LogP contribution >= 0.6 is 11.8 Å². The Morgan fingerprint density at radius 1 is 1.07 bits per heavy atom. The van der Waals surface area contributed by atoms with E-state index in [1.165, 1.54) is 23.1 Å². The fraction of sp³-hybridized carbons (Fsp3) is 0.464. The van der Waals surface area contributed by atoms with E-state index in [9.17, 15) is 27.6 Å². The van der Waals surface area contributed by atoms with Gasteiger partial charge in [-0.15, -0.1) is 11.8 Å². The second-order valence-corrected chi connectivity index (χ2v) is 10.3. The number of ether oxygens (including phenoxy) is 1. The Balaban J connectivity index is 0.00000178. The van der Waals surface area contributed by atoms with Gasteiger partial charge in [0.05, 0.1) is 6.61 Å². The summed E-state index contributed by atoms with van der Waals surface area (Å²) in [6.45, 7) is 6.94. The second-order valence-electron chi connectivity index (χ2n) is 9.12. The van der Waals surface area contributed by atoms with E-state index in [1.807, 2.05) is 0 Å². The maximum Gasteiger partial charge on any atom is 0.325 e. The van der Waals surface area contributed by atoms with Gasteiger partial charge >= 0.3 is 5.97 Å². The summed E-state index contributed by atoms with van der Waals surface area (Å²) >= 11 is 1.32. The number of nitrogens with one attached hydrogen (secondary N) is 2. The van der Waals surface area contributed by atoms with E-state index < -0.39 is 28.9 Å². The molecule has 4 N–H and O–H groups in total. The van der Waals surface area contributed by atoms with Crippen LogP contribution in [0.5, 0.6) is 0 Å². The van der Waals surface area contributed by atoms with Crippen LogP contribution in [-0.4, -0.2) is 59.5 Å². The van der Waals surface area contributed by atoms with Crippen molar-refractivity contribution in [2.45, 2.75) is 58.0 Å². The standard InChI is InChI=1S/C25H29F3N4O4S.C3H8/c1-2-36-23(34)14-30-18-5-3-15(4-6-18)13-31-24(35)25-32(7-8-37-25)22(33)11-17(29)9-16-10-20(27)21(28)12-19(16)26;1-3-2/h3-6,10,12,17,25,30H,2,7-9,11,13-14,29H2,1H3,(H,31,35);3H2,1-2H3/t17-,25-;/m1./s1. The first-order chi connectivity index (χ1) is 19.1. The number of hydrogen-bond donors (Lipinski definition) is 3. The molecule has 3 rings (SSSR count). The third-order valence-corrected chi connectivity index (χ3v) is 6.81. The average Bonchev–Trinajstić information content (AvgIpc) is 3.41. The van der Waals surface area contributed by atoms with E-state index in [1.54, 1.807) is 31.2 Å². The lowest BCUT2D eigenvalue weighted by Gasteiger charge is -2.24. The van der Waals surface area contributed by atoms with Crippen LogP contribution in [0.1, 0.15) is 44.7 Å². The Hall–Kier alpha value is -3.25. The number of thioether (sulfide) groups is 1. The van der Waals surface area contributed by atoms with Crippen molar-refractivity contribution in [3.8, 4) is 0 Å². The first kappa shape index (κ1) is 33.0. The number of hydrogen-bond acceptors (Lipinski definition) is 7. The van der Waals surface area contributed by atoms with Crippen LogP contribution in [0.3, 0.4) is 0 Å². The van der Waals surface area contributed by atoms with Crippen molar-refractivity contribution < 1.29 is 32.3 Å². The summed E-state index contributed by atoms with van der Waals surface area (Å²) in [5, 5.41) is 5.03. The highest BCUT2D eigenvalue weighted by molar-refractivity contribution is 8.00. The van der Waals surface area contributed by atoms with Crippen molar-refractivity contribution in [3.05, 3.63) is 65.0 Å². The van der Waals surface area contributed by atoms with Gasteiger partial charge < -0.3 is 26.0 Å². The van der Waals surface area contributed by atoms with Crippen LogP contribution in [0.15, 0.2) is 36.4 Å². The van der Waals surface area contributed by atoms with Crippen molar-refractivity contribution in [2.75, 3.05) is 30.8 Å². The van der Waals surface area contributed by atoms with Crippen molar-refractivity contribution in [1.82, 2.24) is 10.2 Å². The highest BCUT2D eigenvalue weighted by atomic mass is 32.2. The monoisotopic (exact) mass is 582 g/mol. The molecule has 2 amide bonds. The number of anilines is 1. The molecule has 1 saturated heterocycles. The van der Waals surface area contributed by atoms with Crippen LogP contribution in [-0.2, 0) is 32.1 Å². The van der Waals surface area contributed by atoms with E-state index in [0.717, 1.165) is 17.3 Å². The Kier molecular flexibility index (Phi) is 13.8. The predicted octanol–water partition coefficient (Wildman–Crippen LogP) is 3.97. The molecule has 1 aliphatic rings. The molecular formula is C28H37F3N4O4S. The van der Waals surface area contributed by atoms with Gasteiger partial charge in [-0.05, 0) is 42.7 Å². The Bertz CT molecular complexity index is 1140. The quantitative estimate of drug-likeness (QED) is 0.271. The first-order valence-electron chi connectivity index (χ1n) is 13.2. The lowest BCUT2D eigenvalue weighted by atomic mass is 10.0. The van der Waals surface area contributed by atoms with Crippen molar-refractivity contribution >= 4 is 35.2 Å². The summed E-state index contributed by atoms with van der Waals surface area (Å²) in [5.41, 5.74) is 7.42. The topological polar surface area (TPSA) is 114 Å². The van der Waals surface area contributed by atoms with Gasteiger partial charge in [0, 0.05) is 43.1 Å². The molecule has 12 heteroatoms. The highest BCUT2D eigenvalue weighted by Gasteiger charge is 2.35. The normalized spacial score (nSPS) is 15.1. The molecule has 0 saturated carbocycles. The van der Waals surface area contributed by atoms with Crippen LogP contribution in [0.2, 0.25) is 0 Å². The van der Waals surface area contributed by atoms with E-state index in [2.05, 4.69) is 24.5 Å². The minimum Gasteiger partial charge on any atom is -0.465 e. The number of nitrogens with two attached hydrogens (primary N) is 1. The molecule has 0 aliphatic carbocycles. The summed E-state index contributed by atoms with van der Waals surface area (Å²) in [7, 11) is 0. The maximum absolute atomic E-state index is 13.9. The SMILES string of the molecule is CCC.CCOC(=O)CNc1ccc(CNC(=O)[C@H]2SCCN2C(=O)C[C@H](N)Cc2cc(F)c(F)cc2F)cc1. The van der Waals surface area contributed by atoms with Gasteiger partial charge in [0.15, 0.2) is 17.0 Å². The molecule has 1 heterocycles. The Morgan fingerprint density at radius 3 is 2.38 bits per heavy atom. The largest absolute Gasteiger partial charge is 0.465 e. The van der Waals surface area contributed by atoms with Gasteiger partial charge in [0.25, 0.3) is 5.91 Å². The zero-order chi connectivity index (χ0) is 29.7. The number of carbonyl (C=O) groups excluding carboxylic acids is 3. The minimum absolute atomic E-state index is 0.0477. The second kappa shape index (κ2) is 16.8. The molecule has 220 valence electrons. The zero-order valence-electron chi connectivity index (χ0n) is 23.0. The number of rotatable bonds is 11. The average molecular weight is 583 g/mol. The highest BCUT2D eigenvalue weighted by Crippen LogP contribution is 2.25. The molecule has 1 aliphatic heterocycles. The molecule has 2 atom stereocenters. The molecule has 8 nitrogen and oxygen atoms in total. The smallest absolute Gasteiger partial charge is 0.325 e. The van der Waals surface area contributed by atoms with Crippen molar-refractivity contribution in [3.63, 3.8) is 0 Å². The molecule has 0 radical (unpaired) electrons. The maximum atomic E-state index is 13.9. The van der Waals surface area contributed by atoms with Gasteiger partial charge in [-0.1, -0.05) is 32.4 Å². The van der Waals surface area contributed by atoms with E-state index >= 15 is 0 Å². The van der Waals surface area contributed by atoms with Crippen LogP contribution in [0.25, 0.3) is 0 Å². The van der Waals surface area contributed by atoms with Gasteiger partial charge in [0.1, 0.15) is 12.4 Å².